The molecule has 0 aliphatic carbocycles. The van der Waals surface area contributed by atoms with Gasteiger partial charge in [-0.05, 0) is 20.8 Å². The Morgan fingerprint density at radius 3 is 3.00 bits per heavy atom. The van der Waals surface area contributed by atoms with Crippen LogP contribution in [0.3, 0.4) is 0 Å². The van der Waals surface area contributed by atoms with E-state index in [2.05, 4.69) is 9.97 Å². The van der Waals surface area contributed by atoms with E-state index >= 15 is 0 Å². The topological polar surface area (TPSA) is 93.2 Å². The highest BCUT2D eigenvalue weighted by atomic mass is 16.6. The highest BCUT2D eigenvalue weighted by Crippen LogP contribution is 2.30. The number of ether oxygens (including phenoxy) is 2. The molecule has 0 bridgehead atoms. The molecule has 2 aromatic heterocycles. The Hall–Kier alpha value is -1.77. The van der Waals surface area contributed by atoms with Gasteiger partial charge in [0, 0.05) is 6.42 Å². The summed E-state index contributed by atoms with van der Waals surface area (Å²) in [6.07, 6.45) is 2.16. The van der Waals surface area contributed by atoms with E-state index in [9.17, 15) is 9.90 Å². The quantitative estimate of drug-likeness (QED) is 0.776. The molecule has 23 heavy (non-hydrogen) atoms. The fraction of sp³-hybridized carbons (Fsp3) is 0.667. The molecule has 3 unspecified atom stereocenters. The molecular formula is C15H23N4O4+. The molecule has 0 aromatic carbocycles. The molecule has 3 heterocycles. The Labute approximate surface area is 133 Å². The molecule has 1 aliphatic rings. The van der Waals surface area contributed by atoms with Gasteiger partial charge in [0.15, 0.2) is 0 Å². The van der Waals surface area contributed by atoms with Crippen LogP contribution in [0.4, 0.5) is 0 Å². The highest BCUT2D eigenvalue weighted by Gasteiger charge is 2.40. The molecule has 1 saturated heterocycles. The first-order chi connectivity index (χ1) is 10.8. The third-order valence-corrected chi connectivity index (χ3v) is 3.90. The number of nitrogens with one attached hydrogen (secondary N) is 1. The monoisotopic (exact) mass is 323 g/mol. The standard InChI is InChI=1S/C15H22N4O4/c1-15(2,3)22-6-10-9(20)5-11(23-10)19-8-18(4)12-13(19)16-7-17-14(12)21/h7-11,20H,5-6H2,1-4H3/p+1. The van der Waals surface area contributed by atoms with Crippen LogP contribution < -0.4 is 10.1 Å². The van der Waals surface area contributed by atoms with E-state index in [-0.39, 0.29) is 17.4 Å². The van der Waals surface area contributed by atoms with Gasteiger partial charge in [0.25, 0.3) is 11.2 Å². The fourth-order valence-corrected chi connectivity index (χ4v) is 2.77. The van der Waals surface area contributed by atoms with Crippen molar-refractivity contribution in [2.45, 2.75) is 51.2 Å². The van der Waals surface area contributed by atoms with Crippen molar-refractivity contribution >= 4 is 11.2 Å². The number of aliphatic hydroxyl groups excluding tert-OH is 1. The summed E-state index contributed by atoms with van der Waals surface area (Å²) in [7, 11) is 1.78. The number of imidazole rings is 1. The first-order valence-corrected chi connectivity index (χ1v) is 7.67. The Kier molecular flexibility index (Phi) is 3.99. The number of aryl methyl sites for hydroxylation is 1. The first-order valence-electron chi connectivity index (χ1n) is 7.67. The number of H-pyrrole nitrogens is 1. The molecule has 8 nitrogen and oxygen atoms in total. The molecule has 0 saturated carbocycles. The van der Waals surface area contributed by atoms with Crippen molar-refractivity contribution in [3.8, 4) is 0 Å². The van der Waals surface area contributed by atoms with Crippen LogP contribution in [0.15, 0.2) is 17.4 Å². The van der Waals surface area contributed by atoms with Crippen molar-refractivity contribution in [3.63, 3.8) is 0 Å². The van der Waals surface area contributed by atoms with Crippen molar-refractivity contribution in [2.75, 3.05) is 6.61 Å². The van der Waals surface area contributed by atoms with Gasteiger partial charge in [-0.25, -0.2) is 4.57 Å². The van der Waals surface area contributed by atoms with Gasteiger partial charge in [0.1, 0.15) is 6.10 Å². The van der Waals surface area contributed by atoms with Gasteiger partial charge in [-0.3, -0.25) is 4.79 Å². The molecular weight excluding hydrogens is 300 g/mol. The summed E-state index contributed by atoms with van der Waals surface area (Å²) in [5.41, 5.74) is 0.510. The van der Waals surface area contributed by atoms with E-state index in [1.54, 1.807) is 22.5 Å². The summed E-state index contributed by atoms with van der Waals surface area (Å²) < 4.78 is 15.1. The van der Waals surface area contributed by atoms with E-state index < -0.39 is 12.2 Å². The predicted molar refractivity (Wildman–Crippen MR) is 81.8 cm³/mol. The van der Waals surface area contributed by atoms with Crippen LogP contribution in [0.1, 0.15) is 33.4 Å². The van der Waals surface area contributed by atoms with Gasteiger partial charge in [-0.15, -0.1) is 0 Å². The summed E-state index contributed by atoms with van der Waals surface area (Å²) in [6, 6.07) is 0. The summed E-state index contributed by atoms with van der Waals surface area (Å²) in [5, 5.41) is 10.2. The summed E-state index contributed by atoms with van der Waals surface area (Å²) in [4.78, 5) is 18.7. The average Bonchev–Trinajstić information content (AvgIpc) is 2.98. The highest BCUT2D eigenvalue weighted by molar-refractivity contribution is 5.64. The minimum Gasteiger partial charge on any atom is -0.390 e. The second kappa shape index (κ2) is 5.70. The summed E-state index contributed by atoms with van der Waals surface area (Å²) >= 11 is 0. The summed E-state index contributed by atoms with van der Waals surface area (Å²) in [5.74, 6) is 0. The second-order valence-corrected chi connectivity index (χ2v) is 6.89. The predicted octanol–water partition coefficient (Wildman–Crippen LogP) is 0.0126. The number of aromatic nitrogens is 4. The minimum absolute atomic E-state index is 0.206. The van der Waals surface area contributed by atoms with Crippen LogP contribution in [0, 0.1) is 0 Å². The van der Waals surface area contributed by atoms with Crippen LogP contribution in [0.25, 0.3) is 11.2 Å². The van der Waals surface area contributed by atoms with E-state index in [1.807, 2.05) is 20.8 Å². The summed E-state index contributed by atoms with van der Waals surface area (Å²) in [6.45, 7) is 6.20. The molecule has 1 fully saturated rings. The Morgan fingerprint density at radius 1 is 1.57 bits per heavy atom. The van der Waals surface area contributed by atoms with Gasteiger partial charge in [-0.2, -0.15) is 9.55 Å². The van der Waals surface area contributed by atoms with Crippen molar-refractivity contribution in [1.29, 1.82) is 0 Å². The molecule has 2 N–H and O–H groups in total. The van der Waals surface area contributed by atoms with Crippen LogP contribution in [-0.2, 0) is 16.5 Å². The third kappa shape index (κ3) is 3.15. The number of aromatic amines is 1. The Morgan fingerprint density at radius 2 is 2.30 bits per heavy atom. The van der Waals surface area contributed by atoms with E-state index in [0.717, 1.165) is 0 Å². The second-order valence-electron chi connectivity index (χ2n) is 6.89. The normalized spacial score (nSPS) is 25.3. The Balaban J connectivity index is 1.84. The van der Waals surface area contributed by atoms with Crippen molar-refractivity contribution < 1.29 is 19.1 Å². The van der Waals surface area contributed by atoms with Crippen LogP contribution in [-0.4, -0.2) is 44.1 Å². The van der Waals surface area contributed by atoms with E-state index in [1.165, 1.54) is 6.33 Å². The van der Waals surface area contributed by atoms with E-state index in [0.29, 0.717) is 24.2 Å². The molecule has 0 spiro atoms. The number of aliphatic hydroxyl groups is 1. The smallest absolute Gasteiger partial charge is 0.302 e. The SMILES string of the molecule is C[n+]1cn(C2CC(O)C(COC(C)(C)C)O2)c2nc[nH]c(=O)c21. The van der Waals surface area contributed by atoms with Gasteiger partial charge in [0.2, 0.25) is 12.6 Å². The van der Waals surface area contributed by atoms with Crippen LogP contribution >= 0.6 is 0 Å². The number of hydrogen-bond acceptors (Lipinski definition) is 5. The van der Waals surface area contributed by atoms with Gasteiger partial charge < -0.3 is 19.6 Å². The van der Waals surface area contributed by atoms with Crippen molar-refractivity contribution in [1.82, 2.24) is 14.5 Å². The third-order valence-electron chi connectivity index (χ3n) is 3.90. The molecule has 126 valence electrons. The molecule has 0 amide bonds. The number of hydrogen-bond donors (Lipinski definition) is 2. The molecule has 2 aromatic rings. The van der Waals surface area contributed by atoms with Crippen LogP contribution in [0.2, 0.25) is 0 Å². The lowest BCUT2D eigenvalue weighted by Gasteiger charge is -2.23. The van der Waals surface area contributed by atoms with E-state index in [4.69, 9.17) is 9.47 Å². The van der Waals surface area contributed by atoms with Gasteiger partial charge in [0.05, 0.1) is 31.7 Å². The van der Waals surface area contributed by atoms with Crippen molar-refractivity contribution in [2.24, 2.45) is 7.05 Å². The zero-order chi connectivity index (χ0) is 16.8. The van der Waals surface area contributed by atoms with Crippen molar-refractivity contribution in [3.05, 3.63) is 23.0 Å². The number of fused-ring (bicyclic) bond motifs is 1. The first kappa shape index (κ1) is 16.1. The molecule has 8 heteroatoms. The molecule has 0 radical (unpaired) electrons. The maximum atomic E-state index is 11.9. The number of rotatable bonds is 3. The zero-order valence-electron chi connectivity index (χ0n) is 13.8. The fourth-order valence-electron chi connectivity index (χ4n) is 2.77. The van der Waals surface area contributed by atoms with Gasteiger partial charge in [-0.1, -0.05) is 0 Å². The largest absolute Gasteiger partial charge is 0.390 e. The molecule has 3 atom stereocenters. The lowest BCUT2D eigenvalue weighted by atomic mass is 10.1. The molecule has 3 rings (SSSR count). The maximum absolute atomic E-state index is 11.9. The average molecular weight is 323 g/mol. The Bertz CT molecular complexity index is 761. The number of nitrogens with zero attached hydrogens (tertiary/aromatic N) is 3. The lowest BCUT2D eigenvalue weighted by Crippen LogP contribution is -2.32. The lowest BCUT2D eigenvalue weighted by molar-refractivity contribution is -0.646. The zero-order valence-corrected chi connectivity index (χ0v) is 13.8. The van der Waals surface area contributed by atoms with Crippen LogP contribution in [0.5, 0.6) is 0 Å². The maximum Gasteiger partial charge on any atom is 0.302 e. The molecule has 1 aliphatic heterocycles. The van der Waals surface area contributed by atoms with Gasteiger partial charge >= 0.3 is 5.56 Å². The minimum atomic E-state index is -0.618.